The number of nitrogens with one attached hydrogen (secondary N) is 1. The first kappa shape index (κ1) is 15.0. The van der Waals surface area contributed by atoms with Gasteiger partial charge in [-0.15, -0.1) is 0 Å². The van der Waals surface area contributed by atoms with E-state index in [1.807, 2.05) is 12.1 Å². The van der Waals surface area contributed by atoms with Crippen LogP contribution < -0.4 is 5.32 Å². The second kappa shape index (κ2) is 6.35. The number of aliphatic hydroxyl groups is 1. The van der Waals surface area contributed by atoms with Gasteiger partial charge in [-0.1, -0.05) is 23.2 Å². The molecule has 1 amide bonds. The highest BCUT2D eigenvalue weighted by Gasteiger charge is 2.39. The summed E-state index contributed by atoms with van der Waals surface area (Å²) in [4.78, 5) is 11.9. The van der Waals surface area contributed by atoms with E-state index >= 15 is 0 Å². The Balaban J connectivity index is 1.84. The predicted molar refractivity (Wildman–Crippen MR) is 80.1 cm³/mol. The second-order valence-corrected chi connectivity index (χ2v) is 6.60. The van der Waals surface area contributed by atoms with Crippen LogP contribution in [0, 0.1) is 0 Å². The van der Waals surface area contributed by atoms with E-state index in [9.17, 15) is 9.90 Å². The van der Waals surface area contributed by atoms with Crippen molar-refractivity contribution in [3.8, 4) is 0 Å². The smallest absolute Gasteiger partial charge is 0.252 e. The first-order valence-electron chi connectivity index (χ1n) is 6.03. The van der Waals surface area contributed by atoms with E-state index in [4.69, 9.17) is 23.2 Å². The van der Waals surface area contributed by atoms with Crippen molar-refractivity contribution in [2.24, 2.45) is 0 Å². The lowest BCUT2D eigenvalue weighted by atomic mass is 10.0. The Morgan fingerprint density at radius 1 is 1.37 bits per heavy atom. The van der Waals surface area contributed by atoms with E-state index in [-0.39, 0.29) is 5.91 Å². The molecule has 104 valence electrons. The van der Waals surface area contributed by atoms with Crippen molar-refractivity contribution < 1.29 is 9.90 Å². The Labute approximate surface area is 126 Å². The van der Waals surface area contributed by atoms with Gasteiger partial charge in [0.05, 0.1) is 0 Å². The molecule has 1 atom stereocenters. The van der Waals surface area contributed by atoms with Crippen molar-refractivity contribution in [2.45, 2.75) is 18.4 Å². The van der Waals surface area contributed by atoms with Gasteiger partial charge in [0, 0.05) is 22.3 Å². The summed E-state index contributed by atoms with van der Waals surface area (Å²) in [5, 5.41) is 14.0. The van der Waals surface area contributed by atoms with Gasteiger partial charge in [0.25, 0.3) is 5.91 Å². The highest BCUT2D eigenvalue weighted by molar-refractivity contribution is 7.99. The number of carbonyl (C=O) groups excluding carboxylic acids is 1. The third-order valence-corrected chi connectivity index (χ3v) is 4.66. The first-order chi connectivity index (χ1) is 8.99. The zero-order valence-electron chi connectivity index (χ0n) is 10.3. The van der Waals surface area contributed by atoms with Crippen molar-refractivity contribution in [1.82, 2.24) is 5.32 Å². The minimum absolute atomic E-state index is 0.286. The van der Waals surface area contributed by atoms with E-state index < -0.39 is 5.60 Å². The third kappa shape index (κ3) is 4.02. The van der Waals surface area contributed by atoms with Gasteiger partial charge in [0.15, 0.2) is 5.60 Å². The molecule has 1 aliphatic rings. The Kier molecular flexibility index (Phi) is 5.01. The molecule has 2 rings (SSSR count). The van der Waals surface area contributed by atoms with Crippen molar-refractivity contribution in [3.63, 3.8) is 0 Å². The molecule has 1 saturated heterocycles. The Hall–Kier alpha value is -0.420. The molecular weight excluding hydrogens is 305 g/mol. The normalized spacial score (nSPS) is 22.5. The number of thioether (sulfide) groups is 1. The van der Waals surface area contributed by atoms with Gasteiger partial charge in [-0.25, -0.2) is 0 Å². The monoisotopic (exact) mass is 319 g/mol. The molecule has 1 unspecified atom stereocenters. The molecule has 1 aliphatic heterocycles. The van der Waals surface area contributed by atoms with Gasteiger partial charge in [-0.05, 0) is 42.4 Å². The fraction of sp³-hybridized carbons (Fsp3) is 0.462. The molecule has 0 radical (unpaired) electrons. The summed E-state index contributed by atoms with van der Waals surface area (Å²) in [7, 11) is 0. The summed E-state index contributed by atoms with van der Waals surface area (Å²) < 4.78 is 0. The molecule has 1 fully saturated rings. The molecule has 2 N–H and O–H groups in total. The number of rotatable bonds is 4. The fourth-order valence-electron chi connectivity index (χ4n) is 1.97. The Morgan fingerprint density at radius 3 is 2.63 bits per heavy atom. The Morgan fingerprint density at radius 2 is 2.05 bits per heavy atom. The highest BCUT2D eigenvalue weighted by Crippen LogP contribution is 2.27. The minimum Gasteiger partial charge on any atom is -0.379 e. The van der Waals surface area contributed by atoms with Crippen LogP contribution in [0.15, 0.2) is 18.2 Å². The average molecular weight is 320 g/mol. The number of halogens is 2. The summed E-state index contributed by atoms with van der Waals surface area (Å²) in [5.41, 5.74) is -0.234. The highest BCUT2D eigenvalue weighted by atomic mass is 35.5. The van der Waals surface area contributed by atoms with Crippen LogP contribution in [0.5, 0.6) is 0 Å². The van der Waals surface area contributed by atoms with Gasteiger partial charge in [0.1, 0.15) is 0 Å². The standard InChI is InChI=1S/C13H15Cl2NO2S/c14-10-5-9(6-11(15)7-10)1-3-16-12(17)13(18)2-4-19-8-13/h5-7,18H,1-4,8H2,(H,16,17). The number of carbonyl (C=O) groups is 1. The molecule has 1 aromatic carbocycles. The number of hydrogen-bond donors (Lipinski definition) is 2. The van der Waals surface area contributed by atoms with Crippen LogP contribution in [0.2, 0.25) is 10.0 Å². The van der Waals surface area contributed by atoms with Crippen LogP contribution in [-0.2, 0) is 11.2 Å². The SMILES string of the molecule is O=C(NCCc1cc(Cl)cc(Cl)c1)C1(O)CCSC1. The summed E-state index contributed by atoms with van der Waals surface area (Å²) in [6.45, 7) is 0.461. The molecule has 6 heteroatoms. The van der Waals surface area contributed by atoms with Crippen LogP contribution in [0.3, 0.4) is 0 Å². The predicted octanol–water partition coefficient (Wildman–Crippen LogP) is 2.52. The molecule has 0 spiro atoms. The lowest BCUT2D eigenvalue weighted by molar-refractivity contribution is -0.137. The minimum atomic E-state index is -1.20. The summed E-state index contributed by atoms with van der Waals surface area (Å²) in [5.74, 6) is 1.01. The maximum absolute atomic E-state index is 11.9. The van der Waals surface area contributed by atoms with E-state index in [0.717, 1.165) is 11.3 Å². The maximum atomic E-state index is 11.9. The molecular formula is C13H15Cl2NO2S. The largest absolute Gasteiger partial charge is 0.379 e. The average Bonchev–Trinajstić information content (AvgIpc) is 2.76. The van der Waals surface area contributed by atoms with E-state index in [0.29, 0.717) is 35.2 Å². The first-order valence-corrected chi connectivity index (χ1v) is 7.94. The summed E-state index contributed by atoms with van der Waals surface area (Å²) in [6, 6.07) is 5.31. The second-order valence-electron chi connectivity index (χ2n) is 4.62. The van der Waals surface area contributed by atoms with Crippen LogP contribution in [-0.4, -0.2) is 34.7 Å². The number of hydrogen-bond acceptors (Lipinski definition) is 3. The fourth-order valence-corrected chi connectivity index (χ4v) is 3.78. The van der Waals surface area contributed by atoms with Gasteiger partial charge in [0.2, 0.25) is 0 Å². The van der Waals surface area contributed by atoms with Crippen LogP contribution in [0.4, 0.5) is 0 Å². The molecule has 19 heavy (non-hydrogen) atoms. The number of benzene rings is 1. The van der Waals surface area contributed by atoms with E-state index in [1.165, 1.54) is 0 Å². The molecule has 0 aliphatic carbocycles. The Bertz CT molecular complexity index is 455. The number of amides is 1. The van der Waals surface area contributed by atoms with Crippen LogP contribution in [0.1, 0.15) is 12.0 Å². The molecule has 0 bridgehead atoms. The lowest BCUT2D eigenvalue weighted by Gasteiger charge is -2.20. The van der Waals surface area contributed by atoms with Crippen molar-refractivity contribution in [2.75, 3.05) is 18.1 Å². The quantitative estimate of drug-likeness (QED) is 0.896. The van der Waals surface area contributed by atoms with E-state index in [1.54, 1.807) is 17.8 Å². The van der Waals surface area contributed by atoms with Crippen molar-refractivity contribution in [1.29, 1.82) is 0 Å². The molecule has 1 aromatic rings. The zero-order valence-corrected chi connectivity index (χ0v) is 12.6. The molecule has 3 nitrogen and oxygen atoms in total. The van der Waals surface area contributed by atoms with E-state index in [2.05, 4.69) is 5.32 Å². The summed E-state index contributed by atoms with van der Waals surface area (Å²) in [6.07, 6.45) is 1.15. The van der Waals surface area contributed by atoms with Crippen molar-refractivity contribution >= 4 is 40.9 Å². The lowest BCUT2D eigenvalue weighted by Crippen LogP contribution is -2.47. The maximum Gasteiger partial charge on any atom is 0.252 e. The topological polar surface area (TPSA) is 49.3 Å². The molecule has 1 heterocycles. The van der Waals surface area contributed by atoms with Gasteiger partial charge >= 0.3 is 0 Å². The molecule has 0 aromatic heterocycles. The van der Waals surface area contributed by atoms with Crippen LogP contribution in [0.25, 0.3) is 0 Å². The molecule has 0 saturated carbocycles. The van der Waals surface area contributed by atoms with Crippen molar-refractivity contribution in [3.05, 3.63) is 33.8 Å². The zero-order chi connectivity index (χ0) is 13.9. The summed E-state index contributed by atoms with van der Waals surface area (Å²) >= 11 is 13.4. The van der Waals surface area contributed by atoms with Gasteiger partial charge in [-0.2, -0.15) is 11.8 Å². The third-order valence-electron chi connectivity index (χ3n) is 3.05. The van der Waals surface area contributed by atoms with Gasteiger partial charge in [-0.3, -0.25) is 4.79 Å². The van der Waals surface area contributed by atoms with Crippen LogP contribution >= 0.6 is 35.0 Å². The van der Waals surface area contributed by atoms with Gasteiger partial charge < -0.3 is 10.4 Å².